The molecule has 0 atom stereocenters. The highest BCUT2D eigenvalue weighted by Crippen LogP contribution is 2.46. The zero-order valence-corrected chi connectivity index (χ0v) is 24.5. The zero-order chi connectivity index (χ0) is 24.7. The second kappa shape index (κ2) is 10.0. The van der Waals surface area contributed by atoms with E-state index in [9.17, 15) is 14.4 Å². The molecule has 3 aromatic carbocycles. The van der Waals surface area contributed by atoms with Gasteiger partial charge in [0, 0.05) is 23.6 Å². The maximum Gasteiger partial charge on any atom is 0.267 e. The Labute approximate surface area is 230 Å². The van der Waals surface area contributed by atoms with E-state index < -0.39 is 11.8 Å². The fraction of sp³-hybridized carbons (Fsp3) is 0.160. The van der Waals surface area contributed by atoms with E-state index in [1.54, 1.807) is 24.3 Å². The van der Waals surface area contributed by atoms with Crippen LogP contribution in [0.4, 0.5) is 11.4 Å². The van der Waals surface area contributed by atoms with Crippen LogP contribution in [0.3, 0.4) is 0 Å². The Kier molecular flexibility index (Phi) is 7.47. The second-order valence-electron chi connectivity index (χ2n) is 7.58. The molecule has 0 aliphatic carbocycles. The van der Waals surface area contributed by atoms with Crippen LogP contribution in [-0.2, 0) is 12.8 Å². The van der Waals surface area contributed by atoms with Gasteiger partial charge in [0.15, 0.2) is 0 Å². The third kappa shape index (κ3) is 4.10. The predicted octanol–water partition coefficient (Wildman–Crippen LogP) is 7.91. The molecule has 3 amide bonds. The highest BCUT2D eigenvalue weighted by atomic mass is 79.9. The van der Waals surface area contributed by atoms with Crippen molar-refractivity contribution in [1.29, 1.82) is 0 Å². The topological polar surface area (TPSA) is 66.5 Å². The lowest BCUT2D eigenvalue weighted by atomic mass is 10.0. The first-order valence-corrected chi connectivity index (χ1v) is 13.7. The zero-order valence-electron chi connectivity index (χ0n) is 18.1. The van der Waals surface area contributed by atoms with Gasteiger partial charge in [-0.25, -0.2) is 4.90 Å². The minimum Gasteiger partial charge on any atom is -0.321 e. The Morgan fingerprint density at radius 3 is 1.76 bits per heavy atom. The minimum atomic E-state index is -0.510. The number of halogens is 4. The van der Waals surface area contributed by atoms with Crippen molar-refractivity contribution in [3.05, 3.63) is 88.2 Å². The van der Waals surface area contributed by atoms with Crippen LogP contribution >= 0.6 is 63.7 Å². The van der Waals surface area contributed by atoms with E-state index in [4.69, 9.17) is 0 Å². The Morgan fingerprint density at radius 2 is 1.26 bits per heavy atom. The summed E-state index contributed by atoms with van der Waals surface area (Å²) in [7, 11) is 0. The molecular formula is C25H18Br4N2O3. The monoisotopic (exact) mass is 710 g/mol. The van der Waals surface area contributed by atoms with Crippen molar-refractivity contribution in [2.75, 3.05) is 10.2 Å². The molecule has 4 rings (SSSR count). The third-order valence-electron chi connectivity index (χ3n) is 5.73. The van der Waals surface area contributed by atoms with Crippen LogP contribution in [0.2, 0.25) is 0 Å². The Hall–Kier alpha value is -1.81. The maximum absolute atomic E-state index is 13.5. The van der Waals surface area contributed by atoms with E-state index in [1.807, 2.05) is 32.0 Å². The van der Waals surface area contributed by atoms with Crippen LogP contribution in [0.5, 0.6) is 0 Å². The van der Waals surface area contributed by atoms with Crippen molar-refractivity contribution in [2.24, 2.45) is 0 Å². The molecule has 3 aromatic rings. The highest BCUT2D eigenvalue weighted by molar-refractivity contribution is 9.15. The number of benzene rings is 3. The second-order valence-corrected chi connectivity index (χ2v) is 10.8. The molecule has 1 N–H and O–H groups in total. The summed E-state index contributed by atoms with van der Waals surface area (Å²) in [6, 6.07) is 12.6. The number of aryl methyl sites for hydroxylation is 2. The average Bonchev–Trinajstić information content (AvgIpc) is 3.11. The Bertz CT molecular complexity index is 1300. The lowest BCUT2D eigenvalue weighted by Crippen LogP contribution is -2.31. The van der Waals surface area contributed by atoms with Gasteiger partial charge in [-0.05, 0) is 99.8 Å². The fourth-order valence-electron chi connectivity index (χ4n) is 4.01. The molecule has 0 saturated heterocycles. The summed E-state index contributed by atoms with van der Waals surface area (Å²) >= 11 is 13.7. The number of carbonyl (C=O) groups excluding carboxylic acids is 3. The van der Waals surface area contributed by atoms with Crippen molar-refractivity contribution >= 4 is 92.8 Å². The first-order valence-electron chi connectivity index (χ1n) is 10.5. The van der Waals surface area contributed by atoms with E-state index in [0.717, 1.165) is 34.6 Å². The quantitative estimate of drug-likeness (QED) is 0.166. The number of para-hydroxylation sites is 2. The van der Waals surface area contributed by atoms with E-state index in [0.29, 0.717) is 17.9 Å². The molecule has 5 nitrogen and oxygen atoms in total. The smallest absolute Gasteiger partial charge is 0.267 e. The molecule has 9 heteroatoms. The van der Waals surface area contributed by atoms with Crippen LogP contribution in [0, 0.1) is 0 Å². The fourth-order valence-corrected chi connectivity index (χ4v) is 6.47. The molecular weight excluding hydrogens is 696 g/mol. The Morgan fingerprint density at radius 1 is 0.765 bits per heavy atom. The number of rotatable bonds is 5. The summed E-state index contributed by atoms with van der Waals surface area (Å²) in [4.78, 5) is 41.4. The number of imide groups is 1. The molecule has 0 spiro atoms. The summed E-state index contributed by atoms with van der Waals surface area (Å²) < 4.78 is 2.14. The van der Waals surface area contributed by atoms with E-state index in [-0.39, 0.29) is 28.3 Å². The Balaban J connectivity index is 1.80. The first kappa shape index (κ1) is 25.3. The molecule has 0 saturated carbocycles. The molecule has 1 heterocycles. The molecule has 0 unspecified atom stereocenters. The number of anilines is 2. The number of nitrogens with one attached hydrogen (secondary N) is 1. The molecule has 0 radical (unpaired) electrons. The summed E-state index contributed by atoms with van der Waals surface area (Å²) in [5.41, 5.74) is 3.73. The van der Waals surface area contributed by atoms with Crippen molar-refractivity contribution in [3.8, 4) is 0 Å². The van der Waals surface area contributed by atoms with Gasteiger partial charge in [-0.3, -0.25) is 14.4 Å². The molecule has 0 aromatic heterocycles. The minimum absolute atomic E-state index is 0.226. The summed E-state index contributed by atoms with van der Waals surface area (Å²) in [6.07, 6.45) is 1.52. The van der Waals surface area contributed by atoms with Gasteiger partial charge in [-0.1, -0.05) is 44.2 Å². The number of hydrogen-bond donors (Lipinski definition) is 1. The standard InChI is InChI=1S/C25H18Br4N2O3/c1-3-12-8-7-9-13(4-2)22(12)30-23(32)14-10-5-6-11-15(14)31-24(33)16-17(25(31)34)19(27)21(29)20(28)18(16)26/h5-11H,3-4H2,1-2H3,(H,30,32). The van der Waals surface area contributed by atoms with Crippen molar-refractivity contribution < 1.29 is 14.4 Å². The lowest BCUT2D eigenvalue weighted by molar-refractivity contribution is 0.0925. The van der Waals surface area contributed by atoms with Gasteiger partial charge < -0.3 is 5.32 Å². The van der Waals surface area contributed by atoms with E-state index in [2.05, 4.69) is 69.0 Å². The lowest BCUT2D eigenvalue weighted by Gasteiger charge is -2.19. The van der Waals surface area contributed by atoms with Gasteiger partial charge in [0.2, 0.25) is 0 Å². The molecule has 174 valence electrons. The number of hydrogen-bond acceptors (Lipinski definition) is 3. The first-order chi connectivity index (χ1) is 16.2. The van der Waals surface area contributed by atoms with Gasteiger partial charge in [-0.2, -0.15) is 0 Å². The maximum atomic E-state index is 13.5. The number of fused-ring (bicyclic) bond motifs is 1. The average molecular weight is 714 g/mol. The molecule has 34 heavy (non-hydrogen) atoms. The van der Waals surface area contributed by atoms with Gasteiger partial charge in [0.25, 0.3) is 17.7 Å². The number of amides is 3. The highest BCUT2D eigenvalue weighted by Gasteiger charge is 2.43. The van der Waals surface area contributed by atoms with Crippen molar-refractivity contribution in [2.45, 2.75) is 26.7 Å². The van der Waals surface area contributed by atoms with Crippen LogP contribution < -0.4 is 10.2 Å². The summed E-state index contributed by atoms with van der Waals surface area (Å²) in [5, 5.41) is 3.03. The van der Waals surface area contributed by atoms with Crippen LogP contribution in [-0.4, -0.2) is 17.7 Å². The molecule has 0 fully saturated rings. The normalized spacial score (nSPS) is 12.8. The molecule has 1 aliphatic rings. The molecule has 1 aliphatic heterocycles. The van der Waals surface area contributed by atoms with Gasteiger partial charge in [0.05, 0.1) is 22.4 Å². The van der Waals surface area contributed by atoms with Crippen LogP contribution in [0.1, 0.15) is 56.0 Å². The molecule has 0 bridgehead atoms. The SMILES string of the molecule is CCc1cccc(CC)c1NC(=O)c1ccccc1N1C(=O)c2c(Br)c(Br)c(Br)c(Br)c2C1=O. The van der Waals surface area contributed by atoms with Gasteiger partial charge in [-0.15, -0.1) is 0 Å². The van der Waals surface area contributed by atoms with Gasteiger partial charge >= 0.3 is 0 Å². The largest absolute Gasteiger partial charge is 0.321 e. The van der Waals surface area contributed by atoms with Crippen LogP contribution in [0.25, 0.3) is 0 Å². The summed E-state index contributed by atoms with van der Waals surface area (Å²) in [6.45, 7) is 4.06. The van der Waals surface area contributed by atoms with Gasteiger partial charge in [0.1, 0.15) is 0 Å². The third-order valence-corrected chi connectivity index (χ3v) is 10.5. The van der Waals surface area contributed by atoms with E-state index in [1.165, 1.54) is 0 Å². The van der Waals surface area contributed by atoms with Crippen LogP contribution in [0.15, 0.2) is 60.4 Å². The number of carbonyl (C=O) groups is 3. The van der Waals surface area contributed by atoms with E-state index >= 15 is 0 Å². The predicted molar refractivity (Wildman–Crippen MR) is 148 cm³/mol. The number of nitrogens with zero attached hydrogens (tertiary/aromatic N) is 1. The van der Waals surface area contributed by atoms with Crippen molar-refractivity contribution in [1.82, 2.24) is 0 Å². The summed E-state index contributed by atoms with van der Waals surface area (Å²) in [5.74, 6) is -1.41. The van der Waals surface area contributed by atoms with Crippen molar-refractivity contribution in [3.63, 3.8) is 0 Å².